The van der Waals surface area contributed by atoms with E-state index in [4.69, 9.17) is 9.47 Å². The zero-order valence-electron chi connectivity index (χ0n) is 62.2. The van der Waals surface area contributed by atoms with E-state index in [1.165, 1.54) is 270 Å². The standard InChI is InChI=1S/C89H154O5/c1-3-5-7-9-11-13-15-17-19-21-23-25-27-29-31-33-35-37-39-41-43-44-46-47-49-51-53-55-57-59-61-63-65-67-69-71-73-75-77-79-81-83-88(91)93-86-87(85-90)94-89(92)84-82-80-78-76-74-72-70-68-66-64-62-60-58-56-54-52-50-48-45-42-40-38-36-34-32-30-28-26-24-22-20-18-16-14-12-10-8-6-4-2/h6,8,12,14-15,17-18,20-21,23-24,26-27,29-30,32,36,38,42,45,50,52,87,90H,3-5,7,9-11,13,16,19,22,25,28,31,33-35,37,39-41,43-44,46-49,51,53-86H2,1-2H3/b8-6-,14-12-,17-15-,20-18-,23-21-,26-24-,29-27-,32-30-,38-36-,45-42-,52-50-. The maximum Gasteiger partial charge on any atom is 0.306 e. The summed E-state index contributed by atoms with van der Waals surface area (Å²) < 4.78 is 10.8. The average Bonchev–Trinajstić information content (AvgIpc) is 3.65. The van der Waals surface area contributed by atoms with Crippen molar-refractivity contribution in [3.8, 4) is 0 Å². The van der Waals surface area contributed by atoms with Gasteiger partial charge in [0.2, 0.25) is 0 Å². The van der Waals surface area contributed by atoms with Gasteiger partial charge in [0.25, 0.3) is 0 Å². The average molecular weight is 1300 g/mol. The van der Waals surface area contributed by atoms with Gasteiger partial charge in [-0.15, -0.1) is 0 Å². The van der Waals surface area contributed by atoms with Gasteiger partial charge in [0.15, 0.2) is 6.10 Å². The Labute approximate surface area is 585 Å². The molecule has 0 saturated carbocycles. The summed E-state index contributed by atoms with van der Waals surface area (Å²) in [5.41, 5.74) is 0. The highest BCUT2D eigenvalue weighted by Gasteiger charge is 2.16. The van der Waals surface area contributed by atoms with Crippen LogP contribution in [0.4, 0.5) is 0 Å². The molecule has 0 aliphatic heterocycles. The third-order valence-electron chi connectivity index (χ3n) is 17.9. The number of hydrogen-bond donors (Lipinski definition) is 1. The van der Waals surface area contributed by atoms with Crippen LogP contribution >= 0.6 is 0 Å². The van der Waals surface area contributed by atoms with Crippen molar-refractivity contribution in [1.29, 1.82) is 0 Å². The van der Waals surface area contributed by atoms with E-state index >= 15 is 0 Å². The van der Waals surface area contributed by atoms with E-state index in [0.29, 0.717) is 12.8 Å². The summed E-state index contributed by atoms with van der Waals surface area (Å²) in [6.45, 7) is 4.05. The van der Waals surface area contributed by atoms with E-state index in [1.807, 2.05) is 0 Å². The van der Waals surface area contributed by atoms with Crippen molar-refractivity contribution in [2.24, 2.45) is 0 Å². The number of ether oxygens (including phenoxy) is 2. The first-order chi connectivity index (χ1) is 46.6. The van der Waals surface area contributed by atoms with E-state index in [9.17, 15) is 14.7 Å². The molecule has 0 rings (SSSR count). The second-order valence-electron chi connectivity index (χ2n) is 27.1. The van der Waals surface area contributed by atoms with Gasteiger partial charge < -0.3 is 14.6 Å². The largest absolute Gasteiger partial charge is 0.462 e. The second-order valence-corrected chi connectivity index (χ2v) is 27.1. The highest BCUT2D eigenvalue weighted by molar-refractivity contribution is 5.70. The zero-order valence-corrected chi connectivity index (χ0v) is 62.2. The quantitative estimate of drug-likeness (QED) is 0.0373. The van der Waals surface area contributed by atoms with Gasteiger partial charge in [0.05, 0.1) is 6.61 Å². The SMILES string of the molecule is CC/C=C\C/C=C\C/C=C\C/C=C\C/C=C\C/C=C\C/C=C\C/C=C\CCCCCCCCCCCCCCCCC(=O)OC(CO)COC(=O)CCCCCCCCCCCCCCCCCCCCCCCCCCCC/C=C\C/C=C\C/C=C\CCCCCCC. The molecule has 94 heavy (non-hydrogen) atoms. The number of aliphatic hydroxyl groups excluding tert-OH is 1. The number of hydrogen-bond acceptors (Lipinski definition) is 5. The van der Waals surface area contributed by atoms with E-state index in [1.54, 1.807) is 0 Å². The minimum absolute atomic E-state index is 0.0665. The van der Waals surface area contributed by atoms with E-state index in [2.05, 4.69) is 148 Å². The molecule has 5 heteroatoms. The molecule has 0 saturated heterocycles. The normalized spacial score (nSPS) is 12.9. The highest BCUT2D eigenvalue weighted by atomic mass is 16.6. The van der Waals surface area contributed by atoms with Crippen molar-refractivity contribution in [3.05, 3.63) is 134 Å². The van der Waals surface area contributed by atoms with E-state index in [0.717, 1.165) is 103 Å². The minimum atomic E-state index is -0.779. The predicted molar refractivity (Wildman–Crippen MR) is 417 cm³/mol. The van der Waals surface area contributed by atoms with Crippen molar-refractivity contribution in [2.75, 3.05) is 13.2 Å². The summed E-state index contributed by atoms with van der Waals surface area (Å²) in [6.07, 6.45) is 124. The third kappa shape index (κ3) is 80.5. The lowest BCUT2D eigenvalue weighted by Gasteiger charge is -2.15. The second kappa shape index (κ2) is 83.3. The number of esters is 2. The molecule has 0 fully saturated rings. The van der Waals surface area contributed by atoms with Crippen LogP contribution in [-0.2, 0) is 19.1 Å². The summed E-state index contributed by atoms with van der Waals surface area (Å²) in [4.78, 5) is 24.7. The Morgan fingerprint density at radius 2 is 0.457 bits per heavy atom. The van der Waals surface area contributed by atoms with Crippen molar-refractivity contribution in [3.63, 3.8) is 0 Å². The zero-order chi connectivity index (χ0) is 67.5. The molecule has 0 bridgehead atoms. The molecule has 5 nitrogen and oxygen atoms in total. The first-order valence-corrected chi connectivity index (χ1v) is 40.7. The molecular formula is C89H154O5. The van der Waals surface area contributed by atoms with Gasteiger partial charge in [-0.1, -0.05) is 404 Å². The molecular weight excluding hydrogens is 1150 g/mol. The molecule has 0 heterocycles. The molecule has 0 aromatic rings. The summed E-state index contributed by atoms with van der Waals surface area (Å²) in [5, 5.41) is 9.73. The monoisotopic (exact) mass is 1300 g/mol. The topological polar surface area (TPSA) is 72.8 Å². The fourth-order valence-electron chi connectivity index (χ4n) is 11.9. The van der Waals surface area contributed by atoms with Crippen molar-refractivity contribution < 1.29 is 24.2 Å². The van der Waals surface area contributed by atoms with Gasteiger partial charge in [0, 0.05) is 12.8 Å². The smallest absolute Gasteiger partial charge is 0.306 e. The molecule has 0 aliphatic rings. The molecule has 0 aliphatic carbocycles. The summed E-state index contributed by atoms with van der Waals surface area (Å²) >= 11 is 0. The molecule has 0 aromatic heterocycles. The summed E-state index contributed by atoms with van der Waals surface area (Å²) in [5.74, 6) is -0.578. The van der Waals surface area contributed by atoms with Crippen LogP contribution in [0.2, 0.25) is 0 Å². The van der Waals surface area contributed by atoms with Crippen LogP contribution in [0, 0.1) is 0 Å². The van der Waals surface area contributed by atoms with Crippen LogP contribution in [0.5, 0.6) is 0 Å². The molecule has 1 N–H and O–H groups in total. The van der Waals surface area contributed by atoms with Crippen LogP contribution in [-0.4, -0.2) is 36.4 Å². The first kappa shape index (κ1) is 90.0. The molecule has 0 spiro atoms. The van der Waals surface area contributed by atoms with Crippen LogP contribution in [0.25, 0.3) is 0 Å². The molecule has 0 amide bonds. The molecule has 0 radical (unpaired) electrons. The van der Waals surface area contributed by atoms with Gasteiger partial charge in [-0.05, 0) is 116 Å². The number of carbonyl (C=O) groups excluding carboxylic acids is 2. The van der Waals surface area contributed by atoms with Gasteiger partial charge in [-0.2, -0.15) is 0 Å². The Kier molecular flexibility index (Phi) is 79.8. The van der Waals surface area contributed by atoms with Crippen molar-refractivity contribution in [2.45, 2.75) is 405 Å². The third-order valence-corrected chi connectivity index (χ3v) is 17.9. The van der Waals surface area contributed by atoms with Crippen LogP contribution in [0.3, 0.4) is 0 Å². The molecule has 0 aromatic carbocycles. The number of rotatable bonds is 75. The Bertz CT molecular complexity index is 1870. The predicted octanol–water partition coefficient (Wildman–Crippen LogP) is 29.0. The Hall–Kier alpha value is -3.96. The molecule has 540 valence electrons. The van der Waals surface area contributed by atoms with E-state index in [-0.39, 0.29) is 25.2 Å². The maximum atomic E-state index is 12.4. The van der Waals surface area contributed by atoms with Crippen LogP contribution in [0.15, 0.2) is 134 Å². The number of allylic oxidation sites excluding steroid dienone is 22. The fraction of sp³-hybridized carbons (Fsp3) is 0.730. The lowest BCUT2D eigenvalue weighted by molar-refractivity contribution is -0.161. The van der Waals surface area contributed by atoms with Crippen molar-refractivity contribution >= 4 is 11.9 Å². The Morgan fingerprint density at radius 3 is 0.691 bits per heavy atom. The maximum absolute atomic E-state index is 12.4. The lowest BCUT2D eigenvalue weighted by Crippen LogP contribution is -2.28. The van der Waals surface area contributed by atoms with Gasteiger partial charge in [0.1, 0.15) is 6.61 Å². The van der Waals surface area contributed by atoms with Gasteiger partial charge in [-0.3, -0.25) is 9.59 Å². The number of aliphatic hydroxyl groups is 1. The first-order valence-electron chi connectivity index (χ1n) is 40.7. The van der Waals surface area contributed by atoms with Crippen LogP contribution in [0.1, 0.15) is 399 Å². The van der Waals surface area contributed by atoms with Crippen molar-refractivity contribution in [1.82, 2.24) is 0 Å². The number of unbranched alkanes of at least 4 members (excludes halogenated alkanes) is 45. The van der Waals surface area contributed by atoms with Crippen LogP contribution < -0.4 is 0 Å². The summed E-state index contributed by atoms with van der Waals surface area (Å²) in [7, 11) is 0. The Morgan fingerprint density at radius 1 is 0.255 bits per heavy atom. The minimum Gasteiger partial charge on any atom is -0.462 e. The number of carbonyl (C=O) groups is 2. The lowest BCUT2D eigenvalue weighted by atomic mass is 10.0. The highest BCUT2D eigenvalue weighted by Crippen LogP contribution is 2.19. The fourth-order valence-corrected chi connectivity index (χ4v) is 11.9. The Balaban J connectivity index is 3.44. The van der Waals surface area contributed by atoms with Gasteiger partial charge in [-0.25, -0.2) is 0 Å². The molecule has 1 unspecified atom stereocenters. The van der Waals surface area contributed by atoms with E-state index < -0.39 is 6.10 Å². The molecule has 1 atom stereocenters. The summed E-state index contributed by atoms with van der Waals surface area (Å²) in [6, 6.07) is 0. The van der Waals surface area contributed by atoms with Gasteiger partial charge >= 0.3 is 11.9 Å².